The minimum absolute atomic E-state index is 0.150. The molecule has 2 nitrogen and oxygen atoms in total. The molecule has 0 aliphatic rings. The molecule has 2 rings (SSSR count). The molecule has 106 valence electrons. The molecule has 1 heterocycles. The van der Waals surface area contributed by atoms with E-state index in [0.717, 1.165) is 5.56 Å². The lowest BCUT2D eigenvalue weighted by Crippen LogP contribution is -2.32. The third-order valence-corrected chi connectivity index (χ3v) is 4.40. The molecule has 0 aliphatic heterocycles. The van der Waals surface area contributed by atoms with E-state index in [-0.39, 0.29) is 5.91 Å². The second kappa shape index (κ2) is 7.32. The summed E-state index contributed by atoms with van der Waals surface area (Å²) in [4.78, 5) is 14.2. The number of hydrogen-bond donors (Lipinski definition) is 0. The topological polar surface area (TPSA) is 20.3 Å². The molecular formula is C14H12Cl3NOS. The predicted molar refractivity (Wildman–Crippen MR) is 86.2 cm³/mol. The van der Waals surface area contributed by atoms with Gasteiger partial charge in [0.05, 0.1) is 9.90 Å². The Kier molecular flexibility index (Phi) is 5.73. The summed E-state index contributed by atoms with van der Waals surface area (Å²) < 4.78 is 0.913. The van der Waals surface area contributed by atoms with Crippen molar-refractivity contribution >= 4 is 52.0 Å². The van der Waals surface area contributed by atoms with Gasteiger partial charge >= 0.3 is 0 Å². The Balaban J connectivity index is 2.20. The van der Waals surface area contributed by atoms with E-state index >= 15 is 0 Å². The molecule has 1 amide bonds. The average Bonchev–Trinajstić information content (AvgIpc) is 2.77. The van der Waals surface area contributed by atoms with Crippen molar-refractivity contribution in [3.8, 4) is 0 Å². The second-order valence-electron chi connectivity index (χ2n) is 4.14. The Morgan fingerprint density at radius 1 is 1.20 bits per heavy atom. The fourth-order valence-electron chi connectivity index (χ4n) is 1.81. The van der Waals surface area contributed by atoms with Crippen LogP contribution in [0.3, 0.4) is 0 Å². The van der Waals surface area contributed by atoms with Crippen LogP contribution in [0, 0.1) is 0 Å². The van der Waals surface area contributed by atoms with Gasteiger partial charge in [-0.15, -0.1) is 22.9 Å². The highest BCUT2D eigenvalue weighted by Crippen LogP contribution is 2.32. The molecule has 1 aromatic carbocycles. The van der Waals surface area contributed by atoms with E-state index in [4.69, 9.17) is 34.8 Å². The SMILES string of the molecule is O=C(c1cc(Cl)sc1Cl)N(CCCl)Cc1ccccc1. The number of thiophene rings is 1. The zero-order valence-electron chi connectivity index (χ0n) is 10.5. The van der Waals surface area contributed by atoms with Crippen LogP contribution in [0.5, 0.6) is 0 Å². The van der Waals surface area contributed by atoms with Crippen LogP contribution in [0.1, 0.15) is 15.9 Å². The third-order valence-electron chi connectivity index (χ3n) is 2.74. The van der Waals surface area contributed by atoms with Gasteiger partial charge in [-0.2, -0.15) is 0 Å². The lowest BCUT2D eigenvalue weighted by molar-refractivity contribution is 0.0754. The van der Waals surface area contributed by atoms with E-state index in [1.165, 1.54) is 11.3 Å². The molecule has 0 aliphatic carbocycles. The summed E-state index contributed by atoms with van der Waals surface area (Å²) in [6, 6.07) is 11.4. The summed E-state index contributed by atoms with van der Waals surface area (Å²) in [6.07, 6.45) is 0. The number of amides is 1. The molecule has 0 fully saturated rings. The van der Waals surface area contributed by atoms with Gasteiger partial charge in [-0.25, -0.2) is 0 Å². The summed E-state index contributed by atoms with van der Waals surface area (Å²) in [5.74, 6) is 0.219. The molecule has 2 aromatic rings. The van der Waals surface area contributed by atoms with E-state index in [1.54, 1.807) is 11.0 Å². The van der Waals surface area contributed by atoms with Crippen molar-refractivity contribution in [3.63, 3.8) is 0 Å². The van der Waals surface area contributed by atoms with Gasteiger partial charge in [0.1, 0.15) is 4.34 Å². The standard InChI is InChI=1S/C14H12Cl3NOS/c15-6-7-18(9-10-4-2-1-3-5-10)14(19)11-8-12(16)20-13(11)17/h1-5,8H,6-7,9H2. The molecule has 0 unspecified atom stereocenters. The van der Waals surface area contributed by atoms with E-state index in [0.29, 0.717) is 33.2 Å². The van der Waals surface area contributed by atoms with Crippen LogP contribution in [0.4, 0.5) is 0 Å². The third kappa shape index (κ3) is 3.89. The lowest BCUT2D eigenvalue weighted by Gasteiger charge is -2.21. The van der Waals surface area contributed by atoms with Crippen molar-refractivity contribution in [3.05, 3.63) is 56.2 Å². The molecule has 6 heteroatoms. The number of alkyl halides is 1. The normalized spacial score (nSPS) is 10.6. The highest BCUT2D eigenvalue weighted by molar-refractivity contribution is 7.20. The van der Waals surface area contributed by atoms with Gasteiger partial charge in [-0.3, -0.25) is 4.79 Å². The van der Waals surface area contributed by atoms with Crippen molar-refractivity contribution in [1.29, 1.82) is 0 Å². The number of benzene rings is 1. The fraction of sp³-hybridized carbons (Fsp3) is 0.214. The van der Waals surface area contributed by atoms with Gasteiger partial charge in [-0.1, -0.05) is 53.5 Å². The second-order valence-corrected chi connectivity index (χ2v) is 6.80. The molecule has 0 radical (unpaired) electrons. The Hall–Kier alpha value is -0.740. The van der Waals surface area contributed by atoms with Crippen LogP contribution in [0.2, 0.25) is 8.67 Å². The van der Waals surface area contributed by atoms with Gasteiger partial charge in [0, 0.05) is 19.0 Å². The van der Waals surface area contributed by atoms with Gasteiger partial charge < -0.3 is 4.90 Å². The van der Waals surface area contributed by atoms with E-state index in [9.17, 15) is 4.79 Å². The summed E-state index contributed by atoms with van der Waals surface area (Å²) in [5, 5.41) is 0. The largest absolute Gasteiger partial charge is 0.333 e. The summed E-state index contributed by atoms with van der Waals surface area (Å²) in [5.41, 5.74) is 1.48. The molecule has 0 saturated carbocycles. The highest BCUT2D eigenvalue weighted by Gasteiger charge is 2.20. The zero-order chi connectivity index (χ0) is 14.5. The first-order chi connectivity index (χ1) is 9.61. The number of hydrogen-bond acceptors (Lipinski definition) is 2. The van der Waals surface area contributed by atoms with Crippen molar-refractivity contribution in [1.82, 2.24) is 4.90 Å². The Labute approximate surface area is 136 Å². The fourth-order valence-corrected chi connectivity index (χ4v) is 3.47. The number of carbonyl (C=O) groups excluding carboxylic acids is 1. The van der Waals surface area contributed by atoms with Crippen molar-refractivity contribution in [2.75, 3.05) is 12.4 Å². The monoisotopic (exact) mass is 347 g/mol. The lowest BCUT2D eigenvalue weighted by atomic mass is 10.2. The van der Waals surface area contributed by atoms with Gasteiger partial charge in [0.25, 0.3) is 5.91 Å². The van der Waals surface area contributed by atoms with Crippen LogP contribution in [-0.4, -0.2) is 23.2 Å². The minimum Gasteiger partial charge on any atom is -0.333 e. The van der Waals surface area contributed by atoms with Gasteiger partial charge in [-0.05, 0) is 11.6 Å². The molecule has 0 atom stereocenters. The maximum absolute atomic E-state index is 12.5. The predicted octanol–water partition coefficient (Wildman–Crippen LogP) is 4.94. The molecule has 0 spiro atoms. The zero-order valence-corrected chi connectivity index (χ0v) is 13.6. The van der Waals surface area contributed by atoms with Crippen LogP contribution >= 0.6 is 46.1 Å². The Morgan fingerprint density at radius 2 is 1.90 bits per heavy atom. The summed E-state index contributed by atoms with van der Waals surface area (Å²) in [6.45, 7) is 0.954. The average molecular weight is 349 g/mol. The van der Waals surface area contributed by atoms with Crippen LogP contribution in [0.15, 0.2) is 36.4 Å². The molecular weight excluding hydrogens is 337 g/mol. The first kappa shape index (κ1) is 15.6. The number of halogens is 3. The van der Waals surface area contributed by atoms with E-state index in [1.807, 2.05) is 30.3 Å². The number of nitrogens with zero attached hydrogens (tertiary/aromatic N) is 1. The van der Waals surface area contributed by atoms with E-state index < -0.39 is 0 Å². The molecule has 0 bridgehead atoms. The molecule has 20 heavy (non-hydrogen) atoms. The smallest absolute Gasteiger partial charge is 0.256 e. The molecule has 0 N–H and O–H groups in total. The van der Waals surface area contributed by atoms with Crippen LogP contribution < -0.4 is 0 Å². The minimum atomic E-state index is -0.150. The van der Waals surface area contributed by atoms with Crippen LogP contribution in [0.25, 0.3) is 0 Å². The quantitative estimate of drug-likeness (QED) is 0.701. The maximum atomic E-state index is 12.5. The van der Waals surface area contributed by atoms with Crippen molar-refractivity contribution in [2.24, 2.45) is 0 Å². The molecule has 0 saturated heterocycles. The first-order valence-electron chi connectivity index (χ1n) is 5.96. The van der Waals surface area contributed by atoms with Gasteiger partial charge in [0.15, 0.2) is 0 Å². The maximum Gasteiger partial charge on any atom is 0.256 e. The van der Waals surface area contributed by atoms with Crippen molar-refractivity contribution < 1.29 is 4.79 Å². The highest BCUT2D eigenvalue weighted by atomic mass is 35.5. The Morgan fingerprint density at radius 3 is 2.45 bits per heavy atom. The van der Waals surface area contributed by atoms with Crippen LogP contribution in [-0.2, 0) is 6.54 Å². The number of carbonyl (C=O) groups is 1. The van der Waals surface area contributed by atoms with Crippen molar-refractivity contribution in [2.45, 2.75) is 6.54 Å². The van der Waals surface area contributed by atoms with E-state index in [2.05, 4.69) is 0 Å². The van der Waals surface area contributed by atoms with Gasteiger partial charge in [0.2, 0.25) is 0 Å². The summed E-state index contributed by atoms with van der Waals surface area (Å²) in [7, 11) is 0. The number of rotatable bonds is 5. The Bertz CT molecular complexity index is 585. The first-order valence-corrected chi connectivity index (χ1v) is 8.06. The molecule has 1 aromatic heterocycles. The summed E-state index contributed by atoms with van der Waals surface area (Å²) >= 11 is 18.9.